The van der Waals surface area contributed by atoms with Crippen molar-refractivity contribution in [2.75, 3.05) is 13.2 Å². The lowest BCUT2D eigenvalue weighted by Crippen LogP contribution is -2.25. The van der Waals surface area contributed by atoms with Crippen LogP contribution in [0.15, 0.2) is 12.2 Å². The Balaban J connectivity index is 0. The average Bonchev–Trinajstić information content (AvgIpc) is 2.15. The fourth-order valence-electron chi connectivity index (χ4n) is 0.494. The van der Waals surface area contributed by atoms with Crippen LogP contribution in [-0.4, -0.2) is 25.0 Å². The molecule has 0 spiro atoms. The van der Waals surface area contributed by atoms with Gasteiger partial charge in [-0.3, -0.25) is 4.79 Å². The zero-order chi connectivity index (χ0) is 11.6. The maximum atomic E-state index is 10.8. The number of nitrogens with one attached hydrogen (secondary N) is 1. The van der Waals surface area contributed by atoms with Gasteiger partial charge in [0, 0.05) is 12.5 Å². The normalized spacial score (nSPS) is 8.00. The summed E-state index contributed by atoms with van der Waals surface area (Å²) in [5.41, 5.74) is 0.359. The van der Waals surface area contributed by atoms with Crippen molar-refractivity contribution in [2.24, 2.45) is 0 Å². The Bertz CT molecular complexity index is 200. The predicted octanol–water partition coefficient (Wildman–Crippen LogP) is 1.27. The van der Waals surface area contributed by atoms with Crippen LogP contribution in [0.5, 0.6) is 0 Å². The number of rotatable bonds is 4. The van der Waals surface area contributed by atoms with E-state index in [1.165, 1.54) is 6.92 Å². The molecule has 4 nitrogen and oxygen atoms in total. The van der Waals surface area contributed by atoms with Crippen molar-refractivity contribution in [3.8, 4) is 0 Å². The number of esters is 1. The average molecular weight is 201 g/mol. The first-order valence-corrected chi connectivity index (χ1v) is 4.61. The van der Waals surface area contributed by atoms with E-state index in [4.69, 9.17) is 4.74 Å². The highest BCUT2D eigenvalue weighted by Gasteiger charge is 2.01. The number of amides is 1. The Hall–Kier alpha value is -1.32. The maximum Gasteiger partial charge on any atom is 0.333 e. The Morgan fingerprint density at radius 1 is 1.29 bits per heavy atom. The zero-order valence-corrected chi connectivity index (χ0v) is 9.35. The zero-order valence-electron chi connectivity index (χ0n) is 9.35. The minimum Gasteiger partial charge on any atom is -0.460 e. The monoisotopic (exact) mass is 201 g/mol. The van der Waals surface area contributed by atoms with E-state index in [9.17, 15) is 9.59 Å². The molecule has 0 atom stereocenters. The highest BCUT2D eigenvalue weighted by molar-refractivity contribution is 5.86. The van der Waals surface area contributed by atoms with Crippen molar-refractivity contribution in [1.29, 1.82) is 0 Å². The fourth-order valence-corrected chi connectivity index (χ4v) is 0.494. The minimum atomic E-state index is -0.430. The third-order valence-corrected chi connectivity index (χ3v) is 1.06. The molecule has 0 heterocycles. The molecular weight excluding hydrogens is 182 g/mol. The second-order valence-electron chi connectivity index (χ2n) is 2.40. The van der Waals surface area contributed by atoms with Crippen molar-refractivity contribution in [2.45, 2.75) is 27.7 Å². The summed E-state index contributed by atoms with van der Waals surface area (Å²) in [6, 6.07) is 0. The van der Waals surface area contributed by atoms with E-state index < -0.39 is 5.97 Å². The van der Waals surface area contributed by atoms with Gasteiger partial charge in [-0.2, -0.15) is 0 Å². The van der Waals surface area contributed by atoms with Crippen LogP contribution in [0, 0.1) is 0 Å². The van der Waals surface area contributed by atoms with Gasteiger partial charge >= 0.3 is 5.97 Å². The smallest absolute Gasteiger partial charge is 0.333 e. The van der Waals surface area contributed by atoms with E-state index in [1.54, 1.807) is 6.92 Å². The molecule has 0 aliphatic heterocycles. The molecular formula is C10H19NO3. The SMILES string of the molecule is C=C(C)C(=O)OCCNC(C)=O.CC. The van der Waals surface area contributed by atoms with Crippen LogP contribution in [0.4, 0.5) is 0 Å². The molecule has 1 N–H and O–H groups in total. The van der Waals surface area contributed by atoms with Gasteiger partial charge in [-0.25, -0.2) is 4.79 Å². The predicted molar refractivity (Wildman–Crippen MR) is 55.8 cm³/mol. The van der Waals surface area contributed by atoms with Crippen LogP contribution in [0.2, 0.25) is 0 Å². The van der Waals surface area contributed by atoms with Crippen LogP contribution in [0.1, 0.15) is 27.7 Å². The first kappa shape index (κ1) is 15.2. The quantitative estimate of drug-likeness (QED) is 0.423. The first-order valence-electron chi connectivity index (χ1n) is 4.61. The molecule has 0 aromatic heterocycles. The fraction of sp³-hybridized carbons (Fsp3) is 0.600. The summed E-state index contributed by atoms with van der Waals surface area (Å²) in [5, 5.41) is 2.49. The molecule has 0 saturated carbocycles. The standard InChI is InChI=1S/C8H13NO3.C2H6/c1-6(2)8(11)12-5-4-9-7(3)10;1-2/h1,4-5H2,2-3H3,(H,9,10);1-2H3. The second-order valence-corrected chi connectivity index (χ2v) is 2.40. The summed E-state index contributed by atoms with van der Waals surface area (Å²) < 4.78 is 4.70. The van der Waals surface area contributed by atoms with Crippen LogP contribution in [0.25, 0.3) is 0 Å². The third-order valence-electron chi connectivity index (χ3n) is 1.06. The first-order chi connectivity index (χ1) is 6.54. The topological polar surface area (TPSA) is 55.4 Å². The van der Waals surface area contributed by atoms with E-state index >= 15 is 0 Å². The molecule has 0 rings (SSSR count). The molecule has 0 unspecified atom stereocenters. The van der Waals surface area contributed by atoms with Gasteiger partial charge in [0.1, 0.15) is 6.61 Å². The van der Waals surface area contributed by atoms with Crippen molar-refractivity contribution in [1.82, 2.24) is 5.32 Å². The molecule has 0 fully saturated rings. The van der Waals surface area contributed by atoms with Gasteiger partial charge in [0.05, 0.1) is 6.54 Å². The van der Waals surface area contributed by atoms with Crippen molar-refractivity contribution < 1.29 is 14.3 Å². The van der Waals surface area contributed by atoms with Gasteiger partial charge in [0.15, 0.2) is 0 Å². The van der Waals surface area contributed by atoms with Crippen molar-refractivity contribution >= 4 is 11.9 Å². The van der Waals surface area contributed by atoms with E-state index in [0.29, 0.717) is 12.1 Å². The Morgan fingerprint density at radius 3 is 2.14 bits per heavy atom. The van der Waals surface area contributed by atoms with E-state index in [2.05, 4.69) is 11.9 Å². The summed E-state index contributed by atoms with van der Waals surface area (Å²) >= 11 is 0. The van der Waals surface area contributed by atoms with Crippen molar-refractivity contribution in [3.63, 3.8) is 0 Å². The highest BCUT2D eigenvalue weighted by atomic mass is 16.5. The lowest BCUT2D eigenvalue weighted by atomic mass is 10.4. The molecule has 0 radical (unpaired) electrons. The molecule has 82 valence electrons. The number of carbonyl (C=O) groups is 2. The summed E-state index contributed by atoms with van der Waals surface area (Å²) in [7, 11) is 0. The summed E-state index contributed by atoms with van der Waals surface area (Å²) in [4.78, 5) is 21.1. The highest BCUT2D eigenvalue weighted by Crippen LogP contribution is 1.90. The van der Waals surface area contributed by atoms with Gasteiger partial charge in [-0.1, -0.05) is 20.4 Å². The second kappa shape index (κ2) is 9.77. The molecule has 0 saturated heterocycles. The van der Waals surface area contributed by atoms with Crippen LogP contribution < -0.4 is 5.32 Å². The Kier molecular flexibility index (Phi) is 10.6. The summed E-state index contributed by atoms with van der Waals surface area (Å²) in [6.07, 6.45) is 0. The van der Waals surface area contributed by atoms with E-state index in [0.717, 1.165) is 0 Å². The van der Waals surface area contributed by atoms with Crippen LogP contribution >= 0.6 is 0 Å². The molecule has 0 aliphatic rings. The summed E-state index contributed by atoms with van der Waals surface area (Å²) in [5.74, 6) is -0.568. The number of hydrogen-bond donors (Lipinski definition) is 1. The number of carbonyl (C=O) groups excluding carboxylic acids is 2. The third kappa shape index (κ3) is 10.7. The minimum absolute atomic E-state index is 0.138. The molecule has 0 aliphatic carbocycles. The molecule has 0 aromatic rings. The Labute approximate surface area is 85.3 Å². The molecule has 4 heteroatoms. The molecule has 14 heavy (non-hydrogen) atoms. The molecule has 0 bridgehead atoms. The van der Waals surface area contributed by atoms with E-state index in [1.807, 2.05) is 13.8 Å². The molecule has 1 amide bonds. The van der Waals surface area contributed by atoms with Crippen LogP contribution in [-0.2, 0) is 14.3 Å². The van der Waals surface area contributed by atoms with Gasteiger partial charge < -0.3 is 10.1 Å². The lowest BCUT2D eigenvalue weighted by molar-refractivity contribution is -0.139. The van der Waals surface area contributed by atoms with E-state index in [-0.39, 0.29) is 12.5 Å². The maximum absolute atomic E-state index is 10.8. The van der Waals surface area contributed by atoms with Crippen LogP contribution in [0.3, 0.4) is 0 Å². The van der Waals surface area contributed by atoms with Crippen molar-refractivity contribution in [3.05, 3.63) is 12.2 Å². The lowest BCUT2D eigenvalue weighted by Gasteiger charge is -2.03. The van der Waals surface area contributed by atoms with Gasteiger partial charge in [0.2, 0.25) is 5.91 Å². The van der Waals surface area contributed by atoms with Gasteiger partial charge in [-0.05, 0) is 6.92 Å². The van der Waals surface area contributed by atoms with Gasteiger partial charge in [0.25, 0.3) is 0 Å². The molecule has 0 aromatic carbocycles. The Morgan fingerprint density at radius 2 is 1.79 bits per heavy atom. The largest absolute Gasteiger partial charge is 0.460 e. The number of ether oxygens (including phenoxy) is 1. The summed E-state index contributed by atoms with van der Waals surface area (Å²) in [6.45, 7) is 10.9. The number of hydrogen-bond acceptors (Lipinski definition) is 3. The van der Waals surface area contributed by atoms with Gasteiger partial charge in [-0.15, -0.1) is 0 Å².